The molecule has 1 atom stereocenters. The zero-order valence-corrected chi connectivity index (χ0v) is 12.0. The first-order valence-corrected chi connectivity index (χ1v) is 7.22. The van der Waals surface area contributed by atoms with Gasteiger partial charge in [-0.05, 0) is 48.2 Å². The van der Waals surface area contributed by atoms with Crippen molar-refractivity contribution in [1.29, 1.82) is 0 Å². The van der Waals surface area contributed by atoms with Crippen LogP contribution >= 0.6 is 15.9 Å². The van der Waals surface area contributed by atoms with Gasteiger partial charge >= 0.3 is 0 Å². The maximum Gasteiger partial charge on any atom is 0.119 e. The predicted molar refractivity (Wildman–Crippen MR) is 78.3 cm³/mol. The van der Waals surface area contributed by atoms with Gasteiger partial charge in [0.2, 0.25) is 0 Å². The van der Waals surface area contributed by atoms with E-state index in [0.717, 1.165) is 34.2 Å². The molecule has 2 nitrogen and oxygen atoms in total. The molecule has 0 radical (unpaired) electrons. The number of hydrogen-bond donors (Lipinski definition) is 1. The Morgan fingerprint density at radius 3 is 2.42 bits per heavy atom. The molecule has 0 bridgehead atoms. The molecule has 1 unspecified atom stereocenters. The van der Waals surface area contributed by atoms with Crippen molar-refractivity contribution >= 4 is 15.9 Å². The molecule has 1 fully saturated rings. The molecule has 0 heterocycles. The molecule has 0 aliphatic heterocycles. The number of benzene rings is 2. The molecule has 1 aliphatic rings. The normalized spacial score (nSPS) is 16.1. The monoisotopic (exact) mass is 318 g/mol. The van der Waals surface area contributed by atoms with Crippen LogP contribution in [0.1, 0.15) is 30.1 Å². The van der Waals surface area contributed by atoms with Crippen molar-refractivity contribution < 1.29 is 9.84 Å². The highest BCUT2D eigenvalue weighted by molar-refractivity contribution is 9.10. The Bertz CT molecular complexity index is 561. The molecule has 2 aromatic carbocycles. The summed E-state index contributed by atoms with van der Waals surface area (Å²) in [6.07, 6.45) is 2.11. The molecule has 1 saturated carbocycles. The molecule has 0 saturated heterocycles. The van der Waals surface area contributed by atoms with Gasteiger partial charge in [0.05, 0.1) is 6.10 Å². The highest BCUT2D eigenvalue weighted by Crippen LogP contribution is 2.29. The Labute approximate surface area is 121 Å². The minimum atomic E-state index is -0.604. The summed E-state index contributed by atoms with van der Waals surface area (Å²) in [6, 6.07) is 15.4. The summed E-state index contributed by atoms with van der Waals surface area (Å²) in [5.74, 6) is 0.882. The fourth-order valence-electron chi connectivity index (χ4n) is 1.98. The minimum absolute atomic E-state index is 0.404. The first-order chi connectivity index (χ1) is 9.22. The van der Waals surface area contributed by atoms with Crippen LogP contribution < -0.4 is 4.74 Å². The summed E-state index contributed by atoms with van der Waals surface area (Å²) in [7, 11) is 0. The summed E-state index contributed by atoms with van der Waals surface area (Å²) in [6.45, 7) is 0. The molecule has 19 heavy (non-hydrogen) atoms. The van der Waals surface area contributed by atoms with Gasteiger partial charge in [0.25, 0.3) is 0 Å². The van der Waals surface area contributed by atoms with Crippen molar-refractivity contribution in [1.82, 2.24) is 0 Å². The van der Waals surface area contributed by atoms with Gasteiger partial charge in [0, 0.05) is 4.47 Å². The molecule has 2 aromatic rings. The van der Waals surface area contributed by atoms with Crippen LogP contribution in [-0.4, -0.2) is 11.2 Å². The van der Waals surface area contributed by atoms with E-state index in [-0.39, 0.29) is 0 Å². The summed E-state index contributed by atoms with van der Waals surface area (Å²) < 4.78 is 6.67. The SMILES string of the molecule is OC(c1ccc(OC2CC2)cc1)c1cccc(Br)c1. The quantitative estimate of drug-likeness (QED) is 0.920. The lowest BCUT2D eigenvalue weighted by atomic mass is 10.0. The summed E-state index contributed by atoms with van der Waals surface area (Å²) in [4.78, 5) is 0. The molecule has 0 amide bonds. The predicted octanol–water partition coefficient (Wildman–Crippen LogP) is 4.07. The van der Waals surface area contributed by atoms with Gasteiger partial charge < -0.3 is 9.84 Å². The summed E-state index contributed by atoms with van der Waals surface area (Å²) >= 11 is 3.42. The molecule has 0 spiro atoms. The van der Waals surface area contributed by atoms with Crippen molar-refractivity contribution in [3.8, 4) is 5.75 Å². The zero-order chi connectivity index (χ0) is 13.2. The second-order valence-corrected chi connectivity index (χ2v) is 5.76. The van der Waals surface area contributed by atoms with E-state index in [2.05, 4.69) is 15.9 Å². The molecular weight excluding hydrogens is 304 g/mol. The Hall–Kier alpha value is -1.32. The number of halogens is 1. The Kier molecular flexibility index (Phi) is 3.58. The first-order valence-electron chi connectivity index (χ1n) is 6.42. The number of hydrogen-bond acceptors (Lipinski definition) is 2. The van der Waals surface area contributed by atoms with Crippen LogP contribution in [0, 0.1) is 0 Å². The first kappa shape index (κ1) is 12.7. The third kappa shape index (κ3) is 3.17. The van der Waals surface area contributed by atoms with E-state index in [4.69, 9.17) is 4.74 Å². The lowest BCUT2D eigenvalue weighted by molar-refractivity contribution is 0.220. The molecular formula is C16H15BrO2. The van der Waals surface area contributed by atoms with Crippen LogP contribution in [0.25, 0.3) is 0 Å². The Morgan fingerprint density at radius 1 is 1.05 bits per heavy atom. The van der Waals surface area contributed by atoms with E-state index in [9.17, 15) is 5.11 Å². The van der Waals surface area contributed by atoms with E-state index < -0.39 is 6.10 Å². The zero-order valence-electron chi connectivity index (χ0n) is 10.4. The third-order valence-corrected chi connectivity index (χ3v) is 3.68. The van der Waals surface area contributed by atoms with Gasteiger partial charge in [-0.3, -0.25) is 0 Å². The van der Waals surface area contributed by atoms with Crippen molar-refractivity contribution in [2.75, 3.05) is 0 Å². The molecule has 98 valence electrons. The lowest BCUT2D eigenvalue weighted by Gasteiger charge is -2.12. The Balaban J connectivity index is 1.77. The molecule has 0 aromatic heterocycles. The number of rotatable bonds is 4. The van der Waals surface area contributed by atoms with E-state index in [1.54, 1.807) is 0 Å². The van der Waals surface area contributed by atoms with E-state index in [1.807, 2.05) is 48.5 Å². The van der Waals surface area contributed by atoms with Gasteiger partial charge in [-0.25, -0.2) is 0 Å². The van der Waals surface area contributed by atoms with Crippen molar-refractivity contribution in [3.63, 3.8) is 0 Å². The maximum atomic E-state index is 10.3. The van der Waals surface area contributed by atoms with Crippen molar-refractivity contribution in [2.24, 2.45) is 0 Å². The van der Waals surface area contributed by atoms with Gasteiger partial charge in [0.15, 0.2) is 0 Å². The Morgan fingerprint density at radius 2 is 1.79 bits per heavy atom. The van der Waals surface area contributed by atoms with E-state index in [1.165, 1.54) is 0 Å². The van der Waals surface area contributed by atoms with Crippen LogP contribution in [0.5, 0.6) is 5.75 Å². The smallest absolute Gasteiger partial charge is 0.119 e. The van der Waals surface area contributed by atoms with E-state index in [0.29, 0.717) is 6.10 Å². The lowest BCUT2D eigenvalue weighted by Crippen LogP contribution is -2.00. The topological polar surface area (TPSA) is 29.5 Å². The molecule has 3 rings (SSSR count). The van der Waals surface area contributed by atoms with Crippen molar-refractivity contribution in [3.05, 3.63) is 64.1 Å². The highest BCUT2D eigenvalue weighted by Gasteiger charge is 2.23. The summed E-state index contributed by atoms with van der Waals surface area (Å²) in [5.41, 5.74) is 1.76. The molecule has 1 N–H and O–H groups in total. The second kappa shape index (κ2) is 5.35. The fourth-order valence-corrected chi connectivity index (χ4v) is 2.39. The van der Waals surface area contributed by atoms with Crippen LogP contribution in [0.15, 0.2) is 53.0 Å². The van der Waals surface area contributed by atoms with Gasteiger partial charge in [-0.15, -0.1) is 0 Å². The standard InChI is InChI=1S/C16H15BrO2/c17-13-3-1-2-12(10-13)16(18)11-4-6-14(7-5-11)19-15-8-9-15/h1-7,10,15-16,18H,8-9H2. The van der Waals surface area contributed by atoms with Crippen LogP contribution in [0.2, 0.25) is 0 Å². The van der Waals surface area contributed by atoms with Gasteiger partial charge in [-0.2, -0.15) is 0 Å². The van der Waals surface area contributed by atoms with Crippen LogP contribution in [0.4, 0.5) is 0 Å². The number of aliphatic hydroxyl groups excluding tert-OH is 1. The third-order valence-electron chi connectivity index (χ3n) is 3.19. The fraction of sp³-hybridized carbons (Fsp3) is 0.250. The largest absolute Gasteiger partial charge is 0.490 e. The maximum absolute atomic E-state index is 10.3. The molecule has 3 heteroatoms. The minimum Gasteiger partial charge on any atom is -0.490 e. The average molecular weight is 319 g/mol. The molecule has 1 aliphatic carbocycles. The highest BCUT2D eigenvalue weighted by atomic mass is 79.9. The van der Waals surface area contributed by atoms with Crippen LogP contribution in [-0.2, 0) is 0 Å². The van der Waals surface area contributed by atoms with Crippen molar-refractivity contribution in [2.45, 2.75) is 25.0 Å². The number of ether oxygens (including phenoxy) is 1. The van der Waals surface area contributed by atoms with Gasteiger partial charge in [0.1, 0.15) is 11.9 Å². The second-order valence-electron chi connectivity index (χ2n) is 4.84. The van der Waals surface area contributed by atoms with Gasteiger partial charge in [-0.1, -0.05) is 40.2 Å². The number of aliphatic hydroxyl groups is 1. The van der Waals surface area contributed by atoms with Crippen LogP contribution in [0.3, 0.4) is 0 Å². The van der Waals surface area contributed by atoms with E-state index >= 15 is 0 Å². The summed E-state index contributed by atoms with van der Waals surface area (Å²) in [5, 5.41) is 10.3. The average Bonchev–Trinajstić information content (AvgIpc) is 3.23.